The van der Waals surface area contributed by atoms with Crippen molar-refractivity contribution in [2.24, 2.45) is 11.7 Å². The molecule has 1 rings (SSSR count). The first kappa shape index (κ1) is 15.0. The highest BCUT2D eigenvalue weighted by Gasteiger charge is 2.21. The van der Waals surface area contributed by atoms with E-state index in [0.717, 1.165) is 6.42 Å². The predicted molar refractivity (Wildman–Crippen MR) is 72.5 cm³/mol. The summed E-state index contributed by atoms with van der Waals surface area (Å²) in [6, 6.07) is 6.06. The number of sulfone groups is 1. The third-order valence-corrected chi connectivity index (χ3v) is 5.02. The lowest BCUT2D eigenvalue weighted by Crippen LogP contribution is -2.35. The number of hydrogen-bond donors (Lipinski definition) is 1. The highest BCUT2D eigenvalue weighted by atomic mass is 32.2. The van der Waals surface area contributed by atoms with Crippen molar-refractivity contribution in [1.82, 2.24) is 0 Å². The molecular formula is C13H21NO3S. The largest absolute Gasteiger partial charge is 0.497 e. The van der Waals surface area contributed by atoms with Crippen LogP contribution in [0.2, 0.25) is 0 Å². The van der Waals surface area contributed by atoms with Crippen LogP contribution < -0.4 is 10.5 Å². The molecule has 4 nitrogen and oxygen atoms in total. The molecule has 2 N–H and O–H groups in total. The van der Waals surface area contributed by atoms with E-state index in [0.29, 0.717) is 10.6 Å². The summed E-state index contributed by atoms with van der Waals surface area (Å²) in [6.07, 6.45) is 0.874. The van der Waals surface area contributed by atoms with E-state index in [4.69, 9.17) is 10.5 Å². The first-order valence-corrected chi connectivity index (χ1v) is 7.68. The van der Waals surface area contributed by atoms with Gasteiger partial charge in [0.05, 0.1) is 17.8 Å². The quantitative estimate of drug-likeness (QED) is 0.857. The van der Waals surface area contributed by atoms with Crippen molar-refractivity contribution in [3.63, 3.8) is 0 Å². The van der Waals surface area contributed by atoms with Crippen LogP contribution in [-0.4, -0.2) is 27.3 Å². The van der Waals surface area contributed by atoms with Gasteiger partial charge in [-0.05, 0) is 30.2 Å². The summed E-state index contributed by atoms with van der Waals surface area (Å²) in [7, 11) is -1.78. The Hall–Kier alpha value is -1.07. The van der Waals surface area contributed by atoms with Crippen LogP contribution in [-0.2, 0) is 9.84 Å². The maximum absolute atomic E-state index is 12.1. The van der Waals surface area contributed by atoms with Gasteiger partial charge in [0.25, 0.3) is 0 Å². The zero-order valence-corrected chi connectivity index (χ0v) is 11.9. The zero-order valence-electron chi connectivity index (χ0n) is 11.1. The molecule has 0 spiro atoms. The maximum Gasteiger partial charge on any atom is 0.179 e. The summed E-state index contributed by atoms with van der Waals surface area (Å²) >= 11 is 0. The lowest BCUT2D eigenvalue weighted by molar-refractivity contribution is 0.414. The Morgan fingerprint density at radius 2 is 1.83 bits per heavy atom. The minimum atomic E-state index is -3.32. The molecular weight excluding hydrogens is 250 g/mol. The van der Waals surface area contributed by atoms with Gasteiger partial charge in [0.15, 0.2) is 9.84 Å². The fourth-order valence-electron chi connectivity index (χ4n) is 1.60. The van der Waals surface area contributed by atoms with E-state index in [1.807, 2.05) is 13.8 Å². The normalized spacial score (nSPS) is 15.1. The molecule has 102 valence electrons. The van der Waals surface area contributed by atoms with Gasteiger partial charge in [0.2, 0.25) is 0 Å². The van der Waals surface area contributed by atoms with Crippen molar-refractivity contribution in [3.8, 4) is 5.75 Å². The molecule has 0 bridgehead atoms. The summed E-state index contributed by atoms with van der Waals surface area (Å²) in [5.74, 6) is 0.812. The number of nitrogens with two attached hydrogens (primary N) is 1. The third kappa shape index (κ3) is 3.71. The Bertz CT molecular complexity index is 468. The smallest absolute Gasteiger partial charge is 0.179 e. The van der Waals surface area contributed by atoms with Crippen LogP contribution in [0.1, 0.15) is 20.3 Å². The molecule has 2 atom stereocenters. The van der Waals surface area contributed by atoms with E-state index in [-0.39, 0.29) is 17.7 Å². The molecule has 5 heteroatoms. The first-order valence-electron chi connectivity index (χ1n) is 6.03. The molecule has 1 aromatic rings. The Balaban J connectivity index is 2.85. The van der Waals surface area contributed by atoms with Crippen LogP contribution in [0.5, 0.6) is 5.75 Å². The van der Waals surface area contributed by atoms with E-state index in [1.54, 1.807) is 31.4 Å². The van der Waals surface area contributed by atoms with Gasteiger partial charge in [-0.1, -0.05) is 20.3 Å². The van der Waals surface area contributed by atoms with Crippen LogP contribution in [0.15, 0.2) is 29.2 Å². The Kier molecular flexibility index (Phi) is 5.16. The van der Waals surface area contributed by atoms with Crippen molar-refractivity contribution < 1.29 is 13.2 Å². The molecule has 0 saturated carbocycles. The zero-order chi connectivity index (χ0) is 13.8. The number of ether oxygens (including phenoxy) is 1. The Morgan fingerprint density at radius 1 is 1.28 bits per heavy atom. The summed E-state index contributed by atoms with van der Waals surface area (Å²) < 4.78 is 29.3. The molecule has 0 aliphatic heterocycles. The fraction of sp³-hybridized carbons (Fsp3) is 0.538. The topological polar surface area (TPSA) is 69.4 Å². The molecule has 0 aliphatic carbocycles. The van der Waals surface area contributed by atoms with Crippen LogP contribution >= 0.6 is 0 Å². The molecule has 0 heterocycles. The van der Waals surface area contributed by atoms with Crippen LogP contribution in [0.4, 0.5) is 0 Å². The summed E-state index contributed by atoms with van der Waals surface area (Å²) in [5.41, 5.74) is 5.90. The molecule has 1 aromatic carbocycles. The summed E-state index contributed by atoms with van der Waals surface area (Å²) in [6.45, 7) is 3.97. The standard InChI is InChI=1S/C13H21NO3S/c1-4-10(2)13(14)9-18(15,16)12-7-5-11(17-3)6-8-12/h5-8,10,13H,4,9,14H2,1-3H3. The molecule has 0 amide bonds. The van der Waals surface area contributed by atoms with Crippen LogP contribution in [0.3, 0.4) is 0 Å². The highest BCUT2D eigenvalue weighted by molar-refractivity contribution is 7.91. The number of hydrogen-bond acceptors (Lipinski definition) is 4. The van der Waals surface area contributed by atoms with Crippen LogP contribution in [0.25, 0.3) is 0 Å². The lowest BCUT2D eigenvalue weighted by atomic mass is 10.0. The van der Waals surface area contributed by atoms with E-state index >= 15 is 0 Å². The van der Waals surface area contributed by atoms with Gasteiger partial charge in [0.1, 0.15) is 5.75 Å². The van der Waals surface area contributed by atoms with Crippen molar-refractivity contribution in [3.05, 3.63) is 24.3 Å². The SMILES string of the molecule is CCC(C)C(N)CS(=O)(=O)c1ccc(OC)cc1. The van der Waals surface area contributed by atoms with Gasteiger partial charge in [0, 0.05) is 6.04 Å². The van der Waals surface area contributed by atoms with E-state index in [2.05, 4.69) is 0 Å². The molecule has 0 fully saturated rings. The second-order valence-electron chi connectivity index (χ2n) is 4.51. The third-order valence-electron chi connectivity index (χ3n) is 3.21. The van der Waals surface area contributed by atoms with Gasteiger partial charge in [-0.2, -0.15) is 0 Å². The molecule has 2 unspecified atom stereocenters. The number of benzene rings is 1. The van der Waals surface area contributed by atoms with Crippen molar-refractivity contribution >= 4 is 9.84 Å². The lowest BCUT2D eigenvalue weighted by Gasteiger charge is -2.18. The Morgan fingerprint density at radius 3 is 2.28 bits per heavy atom. The first-order chi connectivity index (χ1) is 8.40. The van der Waals surface area contributed by atoms with E-state index < -0.39 is 9.84 Å². The number of rotatable bonds is 6. The number of methoxy groups -OCH3 is 1. The average Bonchev–Trinajstić information content (AvgIpc) is 2.37. The molecule has 0 aromatic heterocycles. The van der Waals surface area contributed by atoms with Crippen molar-refractivity contribution in [2.75, 3.05) is 12.9 Å². The highest BCUT2D eigenvalue weighted by Crippen LogP contribution is 2.18. The summed E-state index contributed by atoms with van der Waals surface area (Å²) in [4.78, 5) is 0.294. The van der Waals surface area contributed by atoms with E-state index in [9.17, 15) is 8.42 Å². The van der Waals surface area contributed by atoms with Crippen LogP contribution in [0, 0.1) is 5.92 Å². The molecule has 0 radical (unpaired) electrons. The van der Waals surface area contributed by atoms with Crippen molar-refractivity contribution in [2.45, 2.75) is 31.2 Å². The molecule has 18 heavy (non-hydrogen) atoms. The van der Waals surface area contributed by atoms with Gasteiger partial charge < -0.3 is 10.5 Å². The van der Waals surface area contributed by atoms with Gasteiger partial charge in [-0.25, -0.2) is 8.42 Å². The second-order valence-corrected chi connectivity index (χ2v) is 6.54. The fourth-order valence-corrected chi connectivity index (χ4v) is 3.18. The molecule has 0 saturated heterocycles. The van der Waals surface area contributed by atoms with Crippen molar-refractivity contribution in [1.29, 1.82) is 0 Å². The monoisotopic (exact) mass is 271 g/mol. The average molecular weight is 271 g/mol. The van der Waals surface area contributed by atoms with Gasteiger partial charge in [-0.3, -0.25) is 0 Å². The van der Waals surface area contributed by atoms with Gasteiger partial charge >= 0.3 is 0 Å². The summed E-state index contributed by atoms with van der Waals surface area (Å²) in [5, 5.41) is 0. The molecule has 0 aliphatic rings. The minimum absolute atomic E-state index is 0.0195. The second kappa shape index (κ2) is 6.20. The maximum atomic E-state index is 12.1. The van der Waals surface area contributed by atoms with Gasteiger partial charge in [-0.15, -0.1) is 0 Å². The Labute approximate surface area is 109 Å². The predicted octanol–water partition coefficient (Wildman–Crippen LogP) is 1.84. The van der Waals surface area contributed by atoms with E-state index in [1.165, 1.54) is 0 Å². The minimum Gasteiger partial charge on any atom is -0.497 e.